The molecule has 2 heterocycles. The molecule has 8 heteroatoms. The average Bonchev–Trinajstić information content (AvgIpc) is 2.96. The van der Waals surface area contributed by atoms with Gasteiger partial charge in [0.15, 0.2) is 15.6 Å². The van der Waals surface area contributed by atoms with Gasteiger partial charge in [-0.15, -0.1) is 0 Å². The molecular weight excluding hydrogens is 348 g/mol. The molecule has 20 heavy (non-hydrogen) atoms. The van der Waals surface area contributed by atoms with Crippen molar-refractivity contribution in [1.82, 2.24) is 4.98 Å². The topological polar surface area (TPSA) is 81.4 Å². The number of aromatic nitrogens is 1. The Morgan fingerprint density at radius 2 is 2.25 bits per heavy atom. The van der Waals surface area contributed by atoms with E-state index in [2.05, 4.69) is 26.2 Å². The van der Waals surface area contributed by atoms with Gasteiger partial charge in [0, 0.05) is 0 Å². The highest BCUT2D eigenvalue weighted by molar-refractivity contribution is 9.10. The number of furan rings is 1. The van der Waals surface area contributed by atoms with Crippen LogP contribution in [0, 0.1) is 6.92 Å². The molecule has 106 valence electrons. The smallest absolute Gasteiger partial charge is 0.350 e. The van der Waals surface area contributed by atoms with Crippen LogP contribution in [0.4, 0.5) is 5.13 Å². The van der Waals surface area contributed by atoms with Gasteiger partial charge in [-0.3, -0.25) is 10.1 Å². The molecule has 6 nitrogen and oxygen atoms in total. The molecule has 0 fully saturated rings. The van der Waals surface area contributed by atoms with Crippen LogP contribution >= 0.6 is 27.3 Å². The third kappa shape index (κ3) is 3.26. The second kappa shape index (κ2) is 6.19. The molecule has 0 aliphatic carbocycles. The van der Waals surface area contributed by atoms with Gasteiger partial charge in [-0.1, -0.05) is 11.3 Å². The molecule has 0 aliphatic heterocycles. The van der Waals surface area contributed by atoms with Gasteiger partial charge in [0.25, 0.3) is 5.91 Å². The van der Waals surface area contributed by atoms with Crippen molar-refractivity contribution in [3.8, 4) is 0 Å². The summed E-state index contributed by atoms with van der Waals surface area (Å²) in [5.41, 5.74) is 0.518. The number of thiazole rings is 1. The minimum absolute atomic E-state index is 0.155. The molecule has 2 rings (SSSR count). The van der Waals surface area contributed by atoms with Gasteiger partial charge in [-0.2, -0.15) is 0 Å². The molecule has 2 aromatic rings. The standard InChI is InChI=1S/C12H11BrN2O4S/c1-3-18-11(17)9-6(2)14-12(20-9)15-10(16)7-4-5-8(13)19-7/h4-5H,3H2,1-2H3,(H,14,15,16). The zero-order valence-corrected chi connectivity index (χ0v) is 13.1. The summed E-state index contributed by atoms with van der Waals surface area (Å²) in [5, 5.41) is 2.90. The number of halogens is 1. The fraction of sp³-hybridized carbons (Fsp3) is 0.250. The molecule has 0 atom stereocenters. The van der Waals surface area contributed by atoms with Crippen molar-refractivity contribution < 1.29 is 18.7 Å². The summed E-state index contributed by atoms with van der Waals surface area (Å²) >= 11 is 4.18. The molecule has 0 aromatic carbocycles. The van der Waals surface area contributed by atoms with Crippen molar-refractivity contribution in [2.75, 3.05) is 11.9 Å². The number of carbonyl (C=O) groups is 2. The first-order valence-corrected chi connectivity index (χ1v) is 7.33. The van der Waals surface area contributed by atoms with E-state index in [9.17, 15) is 9.59 Å². The molecule has 1 amide bonds. The molecule has 0 bridgehead atoms. The van der Waals surface area contributed by atoms with Crippen molar-refractivity contribution in [3.05, 3.63) is 33.1 Å². The van der Waals surface area contributed by atoms with Gasteiger partial charge in [0.05, 0.1) is 12.3 Å². The Kier molecular flexibility index (Phi) is 4.56. The van der Waals surface area contributed by atoms with E-state index in [1.807, 2.05) is 0 Å². The third-order valence-corrected chi connectivity index (χ3v) is 3.75. The highest BCUT2D eigenvalue weighted by Crippen LogP contribution is 2.24. The van der Waals surface area contributed by atoms with Crippen molar-refractivity contribution in [1.29, 1.82) is 0 Å². The van der Waals surface area contributed by atoms with Crippen LogP contribution in [-0.2, 0) is 4.74 Å². The Hall–Kier alpha value is -1.67. The molecule has 0 radical (unpaired) electrons. The Bertz CT molecular complexity index is 650. The van der Waals surface area contributed by atoms with E-state index in [1.165, 1.54) is 6.07 Å². The first-order valence-electron chi connectivity index (χ1n) is 5.72. The van der Waals surface area contributed by atoms with Crippen LogP contribution in [0.5, 0.6) is 0 Å². The second-order valence-corrected chi connectivity index (χ2v) is 5.49. The molecule has 0 aliphatic rings. The number of anilines is 1. The lowest BCUT2D eigenvalue weighted by Crippen LogP contribution is -2.10. The highest BCUT2D eigenvalue weighted by atomic mass is 79.9. The van der Waals surface area contributed by atoms with Crippen molar-refractivity contribution in [2.45, 2.75) is 13.8 Å². The number of rotatable bonds is 4. The molecule has 0 saturated carbocycles. The summed E-state index contributed by atoms with van der Waals surface area (Å²) in [7, 11) is 0. The van der Waals surface area contributed by atoms with Gasteiger partial charge in [0.2, 0.25) is 0 Å². The van der Waals surface area contributed by atoms with Crippen molar-refractivity contribution in [3.63, 3.8) is 0 Å². The Morgan fingerprint density at radius 3 is 2.85 bits per heavy atom. The zero-order chi connectivity index (χ0) is 14.7. The second-order valence-electron chi connectivity index (χ2n) is 3.71. The largest absolute Gasteiger partial charge is 0.462 e. The molecule has 0 spiro atoms. The molecule has 2 aromatic heterocycles. The minimum Gasteiger partial charge on any atom is -0.462 e. The SMILES string of the molecule is CCOC(=O)c1sc(NC(=O)c2ccc(Br)o2)nc1C. The Balaban J connectivity index is 2.12. The Labute approximate surface area is 127 Å². The van der Waals surface area contributed by atoms with Gasteiger partial charge < -0.3 is 9.15 Å². The lowest BCUT2D eigenvalue weighted by molar-refractivity contribution is 0.0531. The third-order valence-electron chi connectivity index (χ3n) is 2.27. The fourth-order valence-electron chi connectivity index (χ4n) is 1.43. The summed E-state index contributed by atoms with van der Waals surface area (Å²) < 4.78 is 10.5. The summed E-state index contributed by atoms with van der Waals surface area (Å²) in [6.45, 7) is 3.70. The van der Waals surface area contributed by atoms with E-state index in [0.717, 1.165) is 11.3 Å². The van der Waals surface area contributed by atoms with E-state index in [1.54, 1.807) is 19.9 Å². The van der Waals surface area contributed by atoms with E-state index < -0.39 is 11.9 Å². The van der Waals surface area contributed by atoms with E-state index in [-0.39, 0.29) is 12.4 Å². The quantitative estimate of drug-likeness (QED) is 0.848. The molecular formula is C12H11BrN2O4S. The van der Waals surface area contributed by atoms with Crippen LogP contribution in [0.25, 0.3) is 0 Å². The number of carbonyl (C=O) groups excluding carboxylic acids is 2. The number of nitrogens with zero attached hydrogens (tertiary/aromatic N) is 1. The molecule has 1 N–H and O–H groups in total. The van der Waals surface area contributed by atoms with Gasteiger partial charge in [-0.25, -0.2) is 9.78 Å². The van der Waals surface area contributed by atoms with Crippen LogP contribution in [0.3, 0.4) is 0 Å². The number of amides is 1. The number of aryl methyl sites for hydroxylation is 1. The first-order chi connectivity index (χ1) is 9.51. The van der Waals surface area contributed by atoms with Gasteiger partial charge >= 0.3 is 5.97 Å². The van der Waals surface area contributed by atoms with E-state index >= 15 is 0 Å². The van der Waals surface area contributed by atoms with Gasteiger partial charge in [-0.05, 0) is 41.9 Å². The normalized spacial score (nSPS) is 10.3. The first kappa shape index (κ1) is 14.7. The van der Waals surface area contributed by atoms with E-state index in [0.29, 0.717) is 20.4 Å². The monoisotopic (exact) mass is 358 g/mol. The summed E-state index contributed by atoms with van der Waals surface area (Å²) in [6.07, 6.45) is 0. The van der Waals surface area contributed by atoms with Crippen LogP contribution in [-0.4, -0.2) is 23.5 Å². The maximum Gasteiger partial charge on any atom is 0.350 e. The predicted molar refractivity (Wildman–Crippen MR) is 77.2 cm³/mol. The summed E-state index contributed by atoms with van der Waals surface area (Å²) in [6, 6.07) is 3.15. The van der Waals surface area contributed by atoms with Gasteiger partial charge in [0.1, 0.15) is 4.88 Å². The Morgan fingerprint density at radius 1 is 1.50 bits per heavy atom. The highest BCUT2D eigenvalue weighted by Gasteiger charge is 2.19. The van der Waals surface area contributed by atoms with Crippen molar-refractivity contribution in [2.24, 2.45) is 0 Å². The molecule has 0 saturated heterocycles. The molecule has 0 unspecified atom stereocenters. The van der Waals surface area contributed by atoms with Crippen LogP contribution in [0.1, 0.15) is 32.8 Å². The van der Waals surface area contributed by atoms with Crippen LogP contribution < -0.4 is 5.32 Å². The summed E-state index contributed by atoms with van der Waals surface area (Å²) in [4.78, 5) is 28.0. The number of nitrogens with one attached hydrogen (secondary N) is 1. The van der Waals surface area contributed by atoms with Crippen molar-refractivity contribution >= 4 is 44.3 Å². The maximum absolute atomic E-state index is 11.9. The lowest BCUT2D eigenvalue weighted by Gasteiger charge is -1.98. The summed E-state index contributed by atoms with van der Waals surface area (Å²) in [5.74, 6) is -0.717. The zero-order valence-electron chi connectivity index (χ0n) is 10.7. The van der Waals surface area contributed by atoms with Crippen LogP contribution in [0.2, 0.25) is 0 Å². The maximum atomic E-state index is 11.9. The lowest BCUT2D eigenvalue weighted by atomic mass is 10.4. The average molecular weight is 359 g/mol. The number of esters is 1. The predicted octanol–water partition coefficient (Wildman–Crippen LogP) is 3.24. The van der Waals surface area contributed by atoms with Crippen LogP contribution in [0.15, 0.2) is 21.2 Å². The number of hydrogen-bond donors (Lipinski definition) is 1. The number of hydrogen-bond acceptors (Lipinski definition) is 6. The van der Waals surface area contributed by atoms with E-state index in [4.69, 9.17) is 9.15 Å². The minimum atomic E-state index is -0.441. The fourth-order valence-corrected chi connectivity index (χ4v) is 2.59. The number of ether oxygens (including phenoxy) is 1.